The fourth-order valence-electron chi connectivity index (χ4n) is 8.62. The number of hydrogen-bond acceptors (Lipinski definition) is 19. The van der Waals surface area contributed by atoms with Crippen molar-refractivity contribution in [2.75, 3.05) is 61.0 Å². The van der Waals surface area contributed by atoms with Crippen LogP contribution in [-0.4, -0.2) is 176 Å². The van der Waals surface area contributed by atoms with E-state index in [-0.39, 0.29) is 55.5 Å². The molecule has 88 heavy (non-hydrogen) atoms. The number of anilines is 2. The van der Waals surface area contributed by atoms with E-state index in [1.54, 1.807) is 36.0 Å². The zero-order valence-corrected chi connectivity index (χ0v) is 49.0. The summed E-state index contributed by atoms with van der Waals surface area (Å²) in [5.41, 5.74) is 16.7. The molecule has 3 aromatic carbocycles. The lowest BCUT2D eigenvalue weighted by atomic mass is 9.99. The van der Waals surface area contributed by atoms with Crippen LogP contribution in [0.15, 0.2) is 79.0 Å². The minimum absolute atomic E-state index is 0.0220. The number of primary amides is 1. The van der Waals surface area contributed by atoms with Gasteiger partial charge in [0.1, 0.15) is 24.2 Å². The number of nitrogens with zero attached hydrogens (tertiary/aromatic N) is 2. The molecule has 1 aromatic heterocycles. The highest BCUT2D eigenvalue weighted by molar-refractivity contribution is 7.99. The molecule has 0 saturated carbocycles. The molecule has 4 aromatic rings. The molecule has 4 atom stereocenters. The zero-order valence-electron chi connectivity index (χ0n) is 47.3. The molecule has 4 unspecified atom stereocenters. The van der Waals surface area contributed by atoms with Crippen LogP contribution in [0.2, 0.25) is 0 Å². The standard InChI is InChI=1S/C56H68N14O16S2/c57-50-49(51(58)80)66-32(23-63-50)22-60-31-13-11-30(12-14-31)52(81)59-20-5-10-42(71)62-25-44(73)67-38(15-17-47(76)77)53(82)64-26-45(74)68-39(16-18-48(78)79)54(83)65-27-46(75)69-40(55(84)70-41(28-87)56(85)86)24-61-43(72)19-21-88-29-37-35-8-3-1-6-33(35)34-7-2-4-9-36(34)37/h1-4,6-9,11-14,23,37-41,60,87H,5,10,15-22,24-29H2,(H2,57,63)(H2,58,80)(H,59,81)(H,61,72)(H,62,71)(H,64,82)(H,65,83)(H,67,73)(H,68,74)(H,69,75)(H,70,84)(H,76,77)(H,78,79)(H,85,86). The molecule has 32 heteroatoms. The minimum Gasteiger partial charge on any atom is -0.481 e. The summed E-state index contributed by atoms with van der Waals surface area (Å²) in [6.07, 6.45) is -0.882. The first-order valence-electron chi connectivity index (χ1n) is 27.4. The molecule has 1 aliphatic rings. The van der Waals surface area contributed by atoms with Crippen LogP contribution < -0.4 is 64.6 Å². The predicted octanol–water partition coefficient (Wildman–Crippen LogP) is -1.64. The fourth-order valence-corrected chi connectivity index (χ4v) is 9.96. The monoisotopic (exact) mass is 1260 g/mol. The highest BCUT2D eigenvalue weighted by Crippen LogP contribution is 2.45. The Kier molecular flexibility index (Phi) is 27.4. The van der Waals surface area contributed by atoms with E-state index < -0.39 is 153 Å². The first kappa shape index (κ1) is 68.9. The van der Waals surface area contributed by atoms with Crippen LogP contribution in [-0.2, 0) is 59.3 Å². The Morgan fingerprint density at radius 3 is 1.66 bits per heavy atom. The second kappa shape index (κ2) is 34.9. The van der Waals surface area contributed by atoms with Crippen molar-refractivity contribution in [3.63, 3.8) is 0 Å². The van der Waals surface area contributed by atoms with Crippen LogP contribution in [0.3, 0.4) is 0 Å². The van der Waals surface area contributed by atoms with Gasteiger partial charge in [0.2, 0.25) is 47.3 Å². The van der Waals surface area contributed by atoms with Gasteiger partial charge in [0.05, 0.1) is 38.1 Å². The Morgan fingerprint density at radius 2 is 1.12 bits per heavy atom. The van der Waals surface area contributed by atoms with Gasteiger partial charge in [-0.2, -0.15) is 24.4 Å². The molecule has 0 saturated heterocycles. The summed E-state index contributed by atoms with van der Waals surface area (Å²) in [5.74, 6) is -11.9. The maximum absolute atomic E-state index is 13.3. The lowest BCUT2D eigenvalue weighted by molar-refractivity contribution is -0.141. The summed E-state index contributed by atoms with van der Waals surface area (Å²) >= 11 is 5.49. The van der Waals surface area contributed by atoms with E-state index in [1.807, 2.05) is 24.3 Å². The second-order valence-electron chi connectivity index (χ2n) is 19.6. The number of thiol groups is 1. The molecular weight excluding hydrogens is 1190 g/mol. The molecule has 0 spiro atoms. The van der Waals surface area contributed by atoms with Gasteiger partial charge >= 0.3 is 17.9 Å². The molecule has 5 rings (SSSR count). The van der Waals surface area contributed by atoms with Crippen molar-refractivity contribution in [1.29, 1.82) is 0 Å². The number of aromatic nitrogens is 2. The number of rotatable bonds is 37. The largest absolute Gasteiger partial charge is 0.481 e. The third kappa shape index (κ3) is 22.5. The molecule has 30 nitrogen and oxygen atoms in total. The number of thioether (sulfide) groups is 1. The number of carbonyl (C=O) groups is 13. The Hall–Kier alpha value is -9.85. The van der Waals surface area contributed by atoms with Crippen molar-refractivity contribution in [3.8, 4) is 11.1 Å². The van der Waals surface area contributed by atoms with Gasteiger partial charge in [0.25, 0.3) is 11.8 Å². The normalized spacial score (nSPS) is 12.6. The van der Waals surface area contributed by atoms with Gasteiger partial charge in [-0.05, 0) is 65.8 Å². The van der Waals surface area contributed by atoms with Crippen molar-refractivity contribution in [2.24, 2.45) is 5.73 Å². The summed E-state index contributed by atoms with van der Waals surface area (Å²) < 4.78 is 0. The summed E-state index contributed by atoms with van der Waals surface area (Å²) in [5, 5.41) is 52.2. The number of nitrogens with two attached hydrogens (primary N) is 2. The molecule has 1 aliphatic carbocycles. The minimum atomic E-state index is -1.63. The number of carboxylic acid groups (broad SMARTS) is 3. The molecule has 17 N–H and O–H groups in total. The van der Waals surface area contributed by atoms with Crippen molar-refractivity contribution >= 4 is 113 Å². The molecule has 10 amide bonds. The highest BCUT2D eigenvalue weighted by atomic mass is 32.2. The fraction of sp³-hybridized carbons (Fsp3) is 0.375. The molecule has 0 fully saturated rings. The Morgan fingerprint density at radius 1 is 0.591 bits per heavy atom. The van der Waals surface area contributed by atoms with Gasteiger partial charge in [-0.15, -0.1) is 0 Å². The van der Waals surface area contributed by atoms with Crippen molar-refractivity contribution in [3.05, 3.63) is 107 Å². The number of fused-ring (bicyclic) bond motifs is 3. The third-order valence-electron chi connectivity index (χ3n) is 13.1. The van der Waals surface area contributed by atoms with Crippen LogP contribution in [0.5, 0.6) is 0 Å². The summed E-state index contributed by atoms with van der Waals surface area (Å²) in [6, 6.07) is 16.3. The predicted molar refractivity (Wildman–Crippen MR) is 321 cm³/mol. The topological polar surface area (TPSA) is 481 Å². The number of hydrogen-bond donors (Lipinski definition) is 16. The van der Waals surface area contributed by atoms with Gasteiger partial charge in [-0.25, -0.2) is 14.8 Å². The van der Waals surface area contributed by atoms with E-state index in [1.165, 1.54) is 17.3 Å². The van der Waals surface area contributed by atoms with Crippen LogP contribution in [0, 0.1) is 0 Å². The highest BCUT2D eigenvalue weighted by Gasteiger charge is 2.31. The lowest BCUT2D eigenvalue weighted by Gasteiger charge is -2.22. The number of nitrogen functional groups attached to an aromatic ring is 1. The van der Waals surface area contributed by atoms with Gasteiger partial charge in [0.15, 0.2) is 11.5 Å². The molecule has 0 radical (unpaired) electrons. The molecular formula is C56H68N14O16S2. The molecule has 470 valence electrons. The number of nitrogens with one attached hydrogen (secondary N) is 10. The van der Waals surface area contributed by atoms with Crippen LogP contribution in [0.1, 0.15) is 88.5 Å². The second-order valence-corrected chi connectivity index (χ2v) is 21.1. The summed E-state index contributed by atoms with van der Waals surface area (Å²) in [6.45, 7) is -2.68. The van der Waals surface area contributed by atoms with Gasteiger partial charge < -0.3 is 80.0 Å². The maximum atomic E-state index is 13.3. The number of carbonyl (C=O) groups excluding carboxylic acids is 10. The lowest BCUT2D eigenvalue weighted by Crippen LogP contribution is -2.58. The Bertz CT molecular complexity index is 3180. The average Bonchev–Trinajstić information content (AvgIpc) is 2.15. The maximum Gasteiger partial charge on any atom is 0.327 e. The molecule has 0 bridgehead atoms. The SMILES string of the molecule is NC(=O)c1nc(CNc2ccc(C(=O)NCCCC(=O)NCC(=O)NC(CCC(=O)O)C(=O)NCC(=O)NC(CCC(=O)O)C(=O)NCC(=O)NC(CNC(=O)CCSCC3c4ccccc4-c4ccccc43)C(=O)NC(CS)C(=O)O)cc2)cnc1N. The van der Waals surface area contributed by atoms with E-state index in [4.69, 9.17) is 11.5 Å². The zero-order chi connectivity index (χ0) is 64.3. The van der Waals surface area contributed by atoms with E-state index in [0.717, 1.165) is 11.1 Å². The van der Waals surface area contributed by atoms with Crippen molar-refractivity contribution in [2.45, 2.75) is 81.6 Å². The third-order valence-corrected chi connectivity index (χ3v) is 14.6. The summed E-state index contributed by atoms with van der Waals surface area (Å²) in [4.78, 5) is 171. The van der Waals surface area contributed by atoms with E-state index in [2.05, 4.69) is 100 Å². The van der Waals surface area contributed by atoms with Crippen LogP contribution in [0.4, 0.5) is 11.5 Å². The Balaban J connectivity index is 1.04. The smallest absolute Gasteiger partial charge is 0.327 e. The van der Waals surface area contributed by atoms with Crippen molar-refractivity contribution < 1.29 is 77.6 Å². The quantitative estimate of drug-likeness (QED) is 0.0178. The van der Waals surface area contributed by atoms with Crippen molar-refractivity contribution in [1.82, 2.24) is 57.8 Å². The number of amides is 10. The van der Waals surface area contributed by atoms with E-state index >= 15 is 0 Å². The summed E-state index contributed by atoms with van der Waals surface area (Å²) in [7, 11) is 0. The van der Waals surface area contributed by atoms with Gasteiger partial charge in [0, 0.05) is 73.2 Å². The van der Waals surface area contributed by atoms with Gasteiger partial charge in [-0.1, -0.05) is 48.5 Å². The van der Waals surface area contributed by atoms with Crippen LogP contribution >= 0.6 is 24.4 Å². The average molecular weight is 1260 g/mol. The Labute approximate surface area is 512 Å². The number of benzene rings is 3. The van der Waals surface area contributed by atoms with Gasteiger partial charge in [-0.3, -0.25) is 57.5 Å². The van der Waals surface area contributed by atoms with Crippen LogP contribution in [0.25, 0.3) is 11.1 Å². The van der Waals surface area contributed by atoms with E-state index in [9.17, 15) is 77.6 Å². The first-order valence-corrected chi connectivity index (χ1v) is 29.2. The van der Waals surface area contributed by atoms with E-state index in [0.29, 0.717) is 28.5 Å². The molecule has 0 aliphatic heterocycles. The molecule has 1 heterocycles. The number of aliphatic carboxylic acids is 3. The number of carboxylic acids is 3. The first-order chi connectivity index (χ1) is 42.0.